The molecule has 54 valence electrons. The average Bonchev–Trinajstić information content (AvgIpc) is 1.87. The zero-order chi connectivity index (χ0) is 7.28. The van der Waals surface area contributed by atoms with Gasteiger partial charge in [0, 0.05) is 0 Å². The third-order valence-electron chi connectivity index (χ3n) is 1.47. The largest absolute Gasteiger partial charge is 0.302 e. The lowest BCUT2D eigenvalue weighted by Crippen LogP contribution is -2.05. The van der Waals surface area contributed by atoms with Crippen LogP contribution < -0.4 is 0 Å². The Morgan fingerprint density at radius 1 is 1.67 bits per heavy atom. The fourth-order valence-corrected chi connectivity index (χ4v) is 1.24. The summed E-state index contributed by atoms with van der Waals surface area (Å²) in [5.41, 5.74) is 0. The Kier molecular flexibility index (Phi) is 5.06. The normalized spacial score (nSPS) is 16.8. The Balaban J connectivity index is 3.33. The maximum Gasteiger partial charge on any atom is 0.133 e. The fraction of sp³-hybridized carbons (Fsp3) is 0.857. The molecule has 9 heavy (non-hydrogen) atoms. The first kappa shape index (κ1) is 9.15. The van der Waals surface area contributed by atoms with E-state index in [1.54, 1.807) is 0 Å². The number of rotatable bonds is 4. The molecule has 0 rings (SSSR count). The van der Waals surface area contributed by atoms with Gasteiger partial charge >= 0.3 is 0 Å². The van der Waals surface area contributed by atoms with Crippen molar-refractivity contribution < 1.29 is 4.79 Å². The van der Waals surface area contributed by atoms with Crippen LogP contribution in [0.2, 0.25) is 0 Å². The Labute approximate surface area is 65.0 Å². The van der Waals surface area contributed by atoms with Crippen LogP contribution in [-0.4, -0.2) is 11.1 Å². The lowest BCUT2D eigenvalue weighted by Gasteiger charge is -2.07. The van der Waals surface area contributed by atoms with Crippen LogP contribution in [0.4, 0.5) is 0 Å². The molecule has 0 heterocycles. The molecular weight excluding hydrogens is 180 g/mol. The molecule has 0 saturated carbocycles. The van der Waals surface area contributed by atoms with E-state index in [1.165, 1.54) is 0 Å². The second kappa shape index (κ2) is 4.98. The summed E-state index contributed by atoms with van der Waals surface area (Å²) in [4.78, 5) is 10.2. The molecule has 0 aliphatic carbocycles. The molecule has 2 atom stereocenters. The monoisotopic (exact) mass is 192 g/mol. The summed E-state index contributed by atoms with van der Waals surface area (Å²) in [6, 6.07) is 0. The summed E-state index contributed by atoms with van der Waals surface area (Å²) in [5.74, 6) is 0.652. The number of carbonyl (C=O) groups excluding carboxylic acids is 1. The number of carbonyl (C=O) groups is 1. The molecule has 0 aliphatic heterocycles. The van der Waals surface area contributed by atoms with Crippen molar-refractivity contribution in [3.63, 3.8) is 0 Å². The Morgan fingerprint density at radius 3 is 2.56 bits per heavy atom. The highest BCUT2D eigenvalue weighted by Gasteiger charge is 2.05. The van der Waals surface area contributed by atoms with E-state index < -0.39 is 0 Å². The summed E-state index contributed by atoms with van der Waals surface area (Å²) in [6.45, 7) is 4.28. The van der Waals surface area contributed by atoms with E-state index >= 15 is 0 Å². The molecule has 0 saturated heterocycles. The molecule has 2 unspecified atom stereocenters. The first-order chi connectivity index (χ1) is 4.20. The zero-order valence-corrected chi connectivity index (χ0v) is 7.52. The minimum atomic E-state index is 0.0625. The maximum atomic E-state index is 10.1. The van der Waals surface area contributed by atoms with Gasteiger partial charge in [0.25, 0.3) is 0 Å². The number of alkyl halides is 1. The Bertz CT molecular complexity index is 83.0. The van der Waals surface area contributed by atoms with Gasteiger partial charge in [0.05, 0.1) is 4.83 Å². The first-order valence-corrected chi connectivity index (χ1v) is 4.21. The van der Waals surface area contributed by atoms with Gasteiger partial charge in [0.1, 0.15) is 6.29 Å². The van der Waals surface area contributed by atoms with Gasteiger partial charge in [-0.3, -0.25) is 0 Å². The van der Waals surface area contributed by atoms with Gasteiger partial charge in [0.15, 0.2) is 0 Å². The van der Waals surface area contributed by atoms with Crippen LogP contribution in [0.25, 0.3) is 0 Å². The molecule has 0 N–H and O–H groups in total. The highest BCUT2D eigenvalue weighted by Crippen LogP contribution is 2.13. The van der Waals surface area contributed by atoms with Gasteiger partial charge in [-0.05, 0) is 12.3 Å². The SMILES string of the molecule is CCC(C)CC(Br)C=O. The average molecular weight is 193 g/mol. The minimum absolute atomic E-state index is 0.0625. The summed E-state index contributed by atoms with van der Waals surface area (Å²) < 4.78 is 0. The highest BCUT2D eigenvalue weighted by atomic mass is 79.9. The second-order valence-corrected chi connectivity index (χ2v) is 3.58. The Morgan fingerprint density at radius 2 is 2.22 bits per heavy atom. The van der Waals surface area contributed by atoms with Gasteiger partial charge < -0.3 is 4.79 Å². The quantitative estimate of drug-likeness (QED) is 0.494. The topological polar surface area (TPSA) is 17.1 Å². The third-order valence-corrected chi connectivity index (χ3v) is 2.06. The second-order valence-electron chi connectivity index (χ2n) is 2.40. The van der Waals surface area contributed by atoms with Crippen molar-refractivity contribution in [2.75, 3.05) is 0 Å². The molecule has 0 spiro atoms. The zero-order valence-electron chi connectivity index (χ0n) is 5.93. The molecule has 0 radical (unpaired) electrons. The van der Waals surface area contributed by atoms with Crippen LogP contribution >= 0.6 is 15.9 Å². The lowest BCUT2D eigenvalue weighted by atomic mass is 10.0. The molecule has 0 aliphatic rings. The minimum Gasteiger partial charge on any atom is -0.302 e. The summed E-state index contributed by atoms with van der Waals surface area (Å²) in [7, 11) is 0. The van der Waals surface area contributed by atoms with Gasteiger partial charge in [-0.2, -0.15) is 0 Å². The lowest BCUT2D eigenvalue weighted by molar-refractivity contribution is -0.107. The molecule has 0 fully saturated rings. The predicted octanol–water partition coefficient (Wildman–Crippen LogP) is 2.39. The molecule has 2 heteroatoms. The molecule has 0 bridgehead atoms. The fourth-order valence-electron chi connectivity index (χ4n) is 0.607. The maximum absolute atomic E-state index is 10.1. The van der Waals surface area contributed by atoms with Crippen LogP contribution in [0.5, 0.6) is 0 Å². The molecule has 0 aromatic rings. The van der Waals surface area contributed by atoms with Gasteiger partial charge in [-0.25, -0.2) is 0 Å². The van der Waals surface area contributed by atoms with Crippen LogP contribution in [0.3, 0.4) is 0 Å². The van der Waals surface area contributed by atoms with Crippen molar-refractivity contribution in [2.45, 2.75) is 31.5 Å². The van der Waals surface area contributed by atoms with E-state index in [0.717, 1.165) is 19.1 Å². The van der Waals surface area contributed by atoms with Gasteiger partial charge in [0.2, 0.25) is 0 Å². The van der Waals surface area contributed by atoms with Crippen LogP contribution in [0.15, 0.2) is 0 Å². The number of hydrogen-bond donors (Lipinski definition) is 0. The van der Waals surface area contributed by atoms with Gasteiger partial charge in [-0.1, -0.05) is 36.2 Å². The standard InChI is InChI=1S/C7H13BrO/c1-3-6(2)4-7(8)5-9/h5-7H,3-4H2,1-2H3. The van der Waals surface area contributed by atoms with Crippen molar-refractivity contribution in [1.82, 2.24) is 0 Å². The van der Waals surface area contributed by atoms with E-state index in [0.29, 0.717) is 5.92 Å². The smallest absolute Gasteiger partial charge is 0.133 e. The summed E-state index contributed by atoms with van der Waals surface area (Å²) in [5, 5.41) is 0. The van der Waals surface area contributed by atoms with Crippen LogP contribution in [-0.2, 0) is 4.79 Å². The van der Waals surface area contributed by atoms with E-state index in [2.05, 4.69) is 29.8 Å². The molecule has 0 aromatic carbocycles. The van der Waals surface area contributed by atoms with Crippen molar-refractivity contribution in [2.24, 2.45) is 5.92 Å². The van der Waals surface area contributed by atoms with Crippen molar-refractivity contribution in [1.29, 1.82) is 0 Å². The van der Waals surface area contributed by atoms with Gasteiger partial charge in [-0.15, -0.1) is 0 Å². The highest BCUT2D eigenvalue weighted by molar-refractivity contribution is 9.09. The molecule has 1 nitrogen and oxygen atoms in total. The van der Waals surface area contributed by atoms with E-state index in [4.69, 9.17) is 0 Å². The number of aldehydes is 1. The number of hydrogen-bond acceptors (Lipinski definition) is 1. The molecular formula is C7H13BrO. The summed E-state index contributed by atoms with van der Waals surface area (Å²) in [6.07, 6.45) is 3.06. The van der Waals surface area contributed by atoms with Crippen LogP contribution in [0, 0.1) is 5.92 Å². The Hall–Kier alpha value is 0.150. The third kappa shape index (κ3) is 4.64. The molecule has 0 aromatic heterocycles. The molecule has 0 amide bonds. The van der Waals surface area contributed by atoms with Crippen molar-refractivity contribution in [3.8, 4) is 0 Å². The summed E-state index contributed by atoms with van der Waals surface area (Å²) >= 11 is 3.25. The van der Waals surface area contributed by atoms with E-state index in [9.17, 15) is 4.79 Å². The van der Waals surface area contributed by atoms with E-state index in [1.807, 2.05) is 0 Å². The van der Waals surface area contributed by atoms with Crippen molar-refractivity contribution >= 4 is 22.2 Å². The van der Waals surface area contributed by atoms with E-state index in [-0.39, 0.29) is 4.83 Å². The predicted molar refractivity (Wildman–Crippen MR) is 42.9 cm³/mol. The van der Waals surface area contributed by atoms with Crippen molar-refractivity contribution in [3.05, 3.63) is 0 Å². The number of halogens is 1. The first-order valence-electron chi connectivity index (χ1n) is 3.30. The van der Waals surface area contributed by atoms with Crippen LogP contribution in [0.1, 0.15) is 26.7 Å².